The first-order chi connectivity index (χ1) is 13.6. The van der Waals surface area contributed by atoms with Crippen molar-refractivity contribution in [3.8, 4) is 11.5 Å². The van der Waals surface area contributed by atoms with Gasteiger partial charge in [-0.15, -0.1) is 0 Å². The number of halogens is 1. The van der Waals surface area contributed by atoms with E-state index in [1.54, 1.807) is 6.08 Å². The van der Waals surface area contributed by atoms with Crippen LogP contribution in [0.3, 0.4) is 0 Å². The maximum Gasteiger partial charge on any atom is 0.231 e. The van der Waals surface area contributed by atoms with Gasteiger partial charge in [0, 0.05) is 28.2 Å². The number of hydrogen-bond acceptors (Lipinski definition) is 4. The van der Waals surface area contributed by atoms with Crippen LogP contribution in [0.5, 0.6) is 11.5 Å². The number of ether oxygens (including phenoxy) is 2. The van der Waals surface area contributed by atoms with E-state index < -0.39 is 0 Å². The summed E-state index contributed by atoms with van der Waals surface area (Å²) in [5.41, 5.74) is 3.60. The molecule has 28 heavy (non-hydrogen) atoms. The summed E-state index contributed by atoms with van der Waals surface area (Å²) in [6, 6.07) is 10.4. The highest BCUT2D eigenvalue weighted by atomic mass is 79.9. The van der Waals surface area contributed by atoms with Crippen LogP contribution in [0.4, 0.5) is 0 Å². The number of ketones is 1. The Bertz CT molecular complexity index is 974. The molecule has 0 N–H and O–H groups in total. The summed E-state index contributed by atoms with van der Waals surface area (Å²) in [6.07, 6.45) is 6.88. The van der Waals surface area contributed by atoms with Crippen molar-refractivity contribution in [2.75, 3.05) is 6.73 Å². The zero-order valence-corrected chi connectivity index (χ0v) is 17.4. The molecule has 5 rings (SSSR count). The molecule has 1 aliphatic carbocycles. The Labute approximate surface area is 173 Å². The van der Waals surface area contributed by atoms with E-state index in [1.165, 1.54) is 25.7 Å². The third kappa shape index (κ3) is 3.07. The van der Waals surface area contributed by atoms with Crippen molar-refractivity contribution in [1.82, 2.24) is 4.90 Å². The first kappa shape index (κ1) is 18.0. The Morgan fingerprint density at radius 2 is 1.89 bits per heavy atom. The van der Waals surface area contributed by atoms with Crippen molar-refractivity contribution in [3.05, 3.63) is 62.8 Å². The van der Waals surface area contributed by atoms with Crippen LogP contribution in [0.2, 0.25) is 0 Å². The predicted octanol–water partition coefficient (Wildman–Crippen LogP) is 5.47. The van der Waals surface area contributed by atoms with Crippen molar-refractivity contribution in [3.63, 3.8) is 0 Å². The lowest BCUT2D eigenvalue weighted by molar-refractivity contribution is 0.0570. The van der Waals surface area contributed by atoms with Gasteiger partial charge in [-0.05, 0) is 49.6 Å². The predicted molar refractivity (Wildman–Crippen MR) is 112 cm³/mol. The fraction of sp³-hybridized carbons (Fsp3) is 0.348. The van der Waals surface area contributed by atoms with Gasteiger partial charge < -0.3 is 9.47 Å². The Kier molecular flexibility index (Phi) is 4.52. The Balaban J connectivity index is 1.46. The van der Waals surface area contributed by atoms with E-state index in [0.717, 1.165) is 33.5 Å². The van der Waals surface area contributed by atoms with Crippen molar-refractivity contribution in [1.29, 1.82) is 0 Å². The van der Waals surface area contributed by atoms with E-state index in [2.05, 4.69) is 20.8 Å². The van der Waals surface area contributed by atoms with Gasteiger partial charge in [0.15, 0.2) is 5.76 Å². The zero-order chi connectivity index (χ0) is 19.3. The van der Waals surface area contributed by atoms with Gasteiger partial charge >= 0.3 is 0 Å². The van der Waals surface area contributed by atoms with Crippen molar-refractivity contribution in [2.24, 2.45) is 0 Å². The largest absolute Gasteiger partial charge is 0.477 e. The van der Waals surface area contributed by atoms with Crippen molar-refractivity contribution >= 4 is 27.8 Å². The molecule has 2 aliphatic heterocycles. The Hall–Kier alpha value is -2.11. The lowest BCUT2D eigenvalue weighted by Crippen LogP contribution is -2.39. The minimum absolute atomic E-state index is 0.0539. The highest BCUT2D eigenvalue weighted by molar-refractivity contribution is 9.10. The van der Waals surface area contributed by atoms with Crippen LogP contribution in [0.15, 0.2) is 40.6 Å². The lowest BCUT2D eigenvalue weighted by atomic mass is 9.99. The van der Waals surface area contributed by atoms with Gasteiger partial charge in [0.2, 0.25) is 5.78 Å². The molecule has 5 heteroatoms. The molecule has 1 saturated carbocycles. The smallest absolute Gasteiger partial charge is 0.231 e. The molecule has 0 aromatic heterocycles. The molecular formula is C23H22BrNO3. The molecule has 144 valence electrons. The van der Waals surface area contributed by atoms with E-state index in [9.17, 15) is 4.79 Å². The number of carbonyl (C=O) groups excluding carboxylic acids is 1. The second kappa shape index (κ2) is 7.05. The number of nitrogens with zero attached hydrogens (tertiary/aromatic N) is 1. The third-order valence-electron chi connectivity index (χ3n) is 5.97. The Morgan fingerprint density at radius 3 is 2.64 bits per heavy atom. The normalized spacial score (nSPS) is 20.8. The molecule has 1 fully saturated rings. The SMILES string of the molecule is Cc1c2c(cc3c1O/C(=C\c1ccc(Br)cc1)C3=O)CN(C1CCCC1)CO2. The molecule has 0 unspecified atom stereocenters. The minimum atomic E-state index is -0.0539. The van der Waals surface area contributed by atoms with Gasteiger partial charge in [0.05, 0.1) is 5.56 Å². The van der Waals surface area contributed by atoms with Crippen molar-refractivity contribution in [2.45, 2.75) is 45.2 Å². The van der Waals surface area contributed by atoms with Crippen LogP contribution in [0.1, 0.15) is 52.7 Å². The van der Waals surface area contributed by atoms with Crippen LogP contribution in [0.25, 0.3) is 6.08 Å². The van der Waals surface area contributed by atoms with E-state index in [-0.39, 0.29) is 5.78 Å². The van der Waals surface area contributed by atoms with Crippen LogP contribution in [-0.4, -0.2) is 23.5 Å². The van der Waals surface area contributed by atoms with E-state index in [1.807, 2.05) is 37.3 Å². The lowest BCUT2D eigenvalue weighted by Gasteiger charge is -2.34. The van der Waals surface area contributed by atoms with E-state index >= 15 is 0 Å². The highest BCUT2D eigenvalue weighted by Crippen LogP contribution is 2.44. The average molecular weight is 440 g/mol. The number of carbonyl (C=O) groups is 1. The third-order valence-corrected chi connectivity index (χ3v) is 6.50. The number of allylic oxidation sites excluding steroid dienone is 1. The van der Waals surface area contributed by atoms with Gasteiger partial charge in [0.1, 0.15) is 18.2 Å². The fourth-order valence-corrected chi connectivity index (χ4v) is 4.74. The van der Waals surface area contributed by atoms with Crippen LogP contribution in [0, 0.1) is 6.92 Å². The molecule has 3 aliphatic rings. The van der Waals surface area contributed by atoms with Crippen LogP contribution in [-0.2, 0) is 6.54 Å². The molecule has 2 aromatic carbocycles. The van der Waals surface area contributed by atoms with Gasteiger partial charge in [-0.1, -0.05) is 40.9 Å². The summed E-state index contributed by atoms with van der Waals surface area (Å²) in [6.45, 7) is 3.44. The van der Waals surface area contributed by atoms with E-state index in [4.69, 9.17) is 9.47 Å². The molecule has 2 aromatic rings. The first-order valence-corrected chi connectivity index (χ1v) is 10.6. The fourth-order valence-electron chi connectivity index (χ4n) is 4.48. The maximum atomic E-state index is 13.0. The summed E-state index contributed by atoms with van der Waals surface area (Å²) >= 11 is 3.43. The summed E-state index contributed by atoms with van der Waals surface area (Å²) in [5.74, 6) is 1.84. The number of Topliss-reactive ketones (excluding diaryl/α,β-unsaturated/α-hetero) is 1. The monoisotopic (exact) mass is 439 g/mol. The number of fused-ring (bicyclic) bond motifs is 2. The van der Waals surface area contributed by atoms with Gasteiger partial charge in [-0.3, -0.25) is 9.69 Å². The highest BCUT2D eigenvalue weighted by Gasteiger charge is 2.35. The quantitative estimate of drug-likeness (QED) is 0.581. The molecule has 0 amide bonds. The van der Waals surface area contributed by atoms with Crippen LogP contribution < -0.4 is 9.47 Å². The van der Waals surface area contributed by atoms with Gasteiger partial charge in [0.25, 0.3) is 0 Å². The average Bonchev–Trinajstić information content (AvgIpc) is 3.34. The molecule has 0 radical (unpaired) electrons. The summed E-state index contributed by atoms with van der Waals surface area (Å²) in [7, 11) is 0. The van der Waals surface area contributed by atoms with Gasteiger partial charge in [-0.25, -0.2) is 0 Å². The molecule has 4 nitrogen and oxygen atoms in total. The zero-order valence-electron chi connectivity index (χ0n) is 15.8. The number of hydrogen-bond donors (Lipinski definition) is 0. The second-order valence-corrected chi connectivity index (χ2v) is 8.73. The summed E-state index contributed by atoms with van der Waals surface area (Å²) in [5, 5.41) is 0. The first-order valence-electron chi connectivity index (χ1n) is 9.83. The minimum Gasteiger partial charge on any atom is -0.477 e. The van der Waals surface area contributed by atoms with E-state index in [0.29, 0.717) is 29.8 Å². The van der Waals surface area contributed by atoms with Gasteiger partial charge in [-0.2, -0.15) is 0 Å². The summed E-state index contributed by atoms with van der Waals surface area (Å²) < 4.78 is 13.1. The number of benzene rings is 2. The van der Waals surface area contributed by atoms with Crippen molar-refractivity contribution < 1.29 is 14.3 Å². The second-order valence-electron chi connectivity index (χ2n) is 7.82. The number of rotatable bonds is 2. The maximum absolute atomic E-state index is 13.0. The molecular weight excluding hydrogens is 418 g/mol. The Morgan fingerprint density at radius 1 is 1.14 bits per heavy atom. The molecule has 2 heterocycles. The van der Waals surface area contributed by atoms with Crippen LogP contribution >= 0.6 is 15.9 Å². The molecule has 0 saturated heterocycles. The topological polar surface area (TPSA) is 38.8 Å². The molecule has 0 spiro atoms. The standard InChI is InChI=1S/C23H22BrNO3/c1-14-22-16(12-25(13-27-22)18-4-2-3-5-18)11-19-21(26)20(28-23(14)19)10-15-6-8-17(24)9-7-15/h6-11,18H,2-5,12-13H2,1H3/b20-10-. The molecule has 0 atom stereocenters. The summed E-state index contributed by atoms with van der Waals surface area (Å²) in [4.78, 5) is 15.4. The molecule has 0 bridgehead atoms.